The molecule has 0 radical (unpaired) electrons. The maximum atomic E-state index is 13.4. The minimum atomic E-state index is -0.581. The third-order valence-corrected chi connectivity index (χ3v) is 2.61. The van der Waals surface area contributed by atoms with Crippen molar-refractivity contribution in [2.75, 3.05) is 6.61 Å². The van der Waals surface area contributed by atoms with Gasteiger partial charge in [0.05, 0.1) is 6.04 Å². The summed E-state index contributed by atoms with van der Waals surface area (Å²) in [6, 6.07) is 2.57. The van der Waals surface area contributed by atoms with Crippen LogP contribution in [-0.2, 0) is 4.79 Å². The van der Waals surface area contributed by atoms with Crippen LogP contribution in [-0.4, -0.2) is 17.6 Å². The van der Waals surface area contributed by atoms with Crippen molar-refractivity contribution >= 4 is 5.91 Å². The van der Waals surface area contributed by atoms with Crippen molar-refractivity contribution in [2.45, 2.75) is 32.2 Å². The minimum absolute atomic E-state index is 0.0430. The van der Waals surface area contributed by atoms with Crippen molar-refractivity contribution in [1.82, 2.24) is 5.32 Å². The predicted octanol–water partition coefficient (Wildman–Crippen LogP) is 2.30. The summed E-state index contributed by atoms with van der Waals surface area (Å²) in [6.45, 7) is 1.64. The molecule has 1 atom stereocenters. The Morgan fingerprint density at radius 2 is 2.11 bits per heavy atom. The van der Waals surface area contributed by atoms with E-state index < -0.39 is 17.7 Å². The number of rotatable bonds is 6. The van der Waals surface area contributed by atoms with E-state index in [4.69, 9.17) is 5.11 Å². The van der Waals surface area contributed by atoms with Crippen molar-refractivity contribution in [3.05, 3.63) is 35.4 Å². The highest BCUT2D eigenvalue weighted by Crippen LogP contribution is 2.18. The van der Waals surface area contributed by atoms with Crippen LogP contribution in [0.2, 0.25) is 0 Å². The molecule has 2 N–H and O–H groups in total. The van der Waals surface area contributed by atoms with E-state index in [1.165, 1.54) is 0 Å². The first-order chi connectivity index (χ1) is 8.54. The molecule has 0 heterocycles. The number of carbonyl (C=O) groups is 1. The van der Waals surface area contributed by atoms with Crippen molar-refractivity contribution in [3.63, 3.8) is 0 Å². The highest BCUT2D eigenvalue weighted by molar-refractivity contribution is 5.76. The fourth-order valence-electron chi connectivity index (χ4n) is 1.64. The lowest BCUT2D eigenvalue weighted by Gasteiger charge is -2.15. The zero-order valence-corrected chi connectivity index (χ0v) is 10.2. The topological polar surface area (TPSA) is 49.3 Å². The van der Waals surface area contributed by atoms with Gasteiger partial charge >= 0.3 is 0 Å². The molecule has 0 aliphatic carbocycles. The lowest BCUT2D eigenvalue weighted by atomic mass is 10.1. The summed E-state index contributed by atoms with van der Waals surface area (Å²) >= 11 is 0. The van der Waals surface area contributed by atoms with Gasteiger partial charge in [-0.05, 0) is 38.0 Å². The van der Waals surface area contributed by atoms with Crippen molar-refractivity contribution in [1.29, 1.82) is 0 Å². The van der Waals surface area contributed by atoms with E-state index in [1.54, 1.807) is 6.92 Å². The van der Waals surface area contributed by atoms with Crippen LogP contribution in [0.3, 0.4) is 0 Å². The van der Waals surface area contributed by atoms with E-state index in [0.29, 0.717) is 12.8 Å². The third kappa shape index (κ3) is 4.41. The number of nitrogens with one attached hydrogen (secondary N) is 1. The molecule has 0 aromatic heterocycles. The van der Waals surface area contributed by atoms with E-state index in [9.17, 15) is 13.6 Å². The Labute approximate surface area is 105 Å². The van der Waals surface area contributed by atoms with Crippen LogP contribution >= 0.6 is 0 Å². The first-order valence-corrected chi connectivity index (χ1v) is 5.89. The molecule has 5 heteroatoms. The summed E-state index contributed by atoms with van der Waals surface area (Å²) in [5.74, 6) is -1.31. The molecule has 1 aromatic carbocycles. The standard InChI is InChI=1S/C13H17F2NO2/c1-9(16-13(18)4-2-3-7-17)11-8-10(14)5-6-12(11)15/h5-6,8-9,17H,2-4,7H2,1H3,(H,16,18). The number of hydrogen-bond donors (Lipinski definition) is 2. The van der Waals surface area contributed by atoms with Gasteiger partial charge in [0.15, 0.2) is 0 Å². The molecule has 3 nitrogen and oxygen atoms in total. The summed E-state index contributed by atoms with van der Waals surface area (Å²) in [6.07, 6.45) is 1.39. The number of benzene rings is 1. The van der Waals surface area contributed by atoms with Gasteiger partial charge in [-0.3, -0.25) is 4.79 Å². The maximum absolute atomic E-state index is 13.4. The number of aliphatic hydroxyl groups is 1. The average Bonchev–Trinajstić information content (AvgIpc) is 2.32. The van der Waals surface area contributed by atoms with Gasteiger partial charge in [-0.15, -0.1) is 0 Å². The van der Waals surface area contributed by atoms with Crippen LogP contribution in [0.25, 0.3) is 0 Å². The quantitative estimate of drug-likeness (QED) is 0.768. The number of aliphatic hydroxyl groups excluding tert-OH is 1. The van der Waals surface area contributed by atoms with Crippen LogP contribution in [0.4, 0.5) is 8.78 Å². The Balaban J connectivity index is 2.56. The number of halogens is 2. The second-order valence-corrected chi connectivity index (χ2v) is 4.14. The molecule has 0 saturated carbocycles. The average molecular weight is 257 g/mol. The molecule has 0 aliphatic heterocycles. The van der Waals surface area contributed by atoms with Crippen LogP contribution in [0.5, 0.6) is 0 Å². The Kier molecular flexibility index (Phi) is 5.71. The van der Waals surface area contributed by atoms with E-state index in [-0.39, 0.29) is 24.5 Å². The first-order valence-electron chi connectivity index (χ1n) is 5.89. The van der Waals surface area contributed by atoms with E-state index in [0.717, 1.165) is 18.2 Å². The summed E-state index contributed by atoms with van der Waals surface area (Å²) in [4.78, 5) is 11.5. The summed E-state index contributed by atoms with van der Waals surface area (Å²) in [7, 11) is 0. The number of amides is 1. The molecule has 18 heavy (non-hydrogen) atoms. The number of hydrogen-bond acceptors (Lipinski definition) is 2. The number of carbonyl (C=O) groups excluding carboxylic acids is 1. The molecule has 1 unspecified atom stereocenters. The zero-order chi connectivity index (χ0) is 13.5. The summed E-state index contributed by atoms with van der Waals surface area (Å²) < 4.78 is 26.4. The fourth-order valence-corrected chi connectivity index (χ4v) is 1.64. The molecule has 0 bridgehead atoms. The highest BCUT2D eigenvalue weighted by Gasteiger charge is 2.14. The molecule has 0 spiro atoms. The first kappa shape index (κ1) is 14.6. The molecule has 1 rings (SSSR count). The predicted molar refractivity (Wildman–Crippen MR) is 63.9 cm³/mol. The highest BCUT2D eigenvalue weighted by atomic mass is 19.1. The molecule has 0 aliphatic rings. The molecular weight excluding hydrogens is 240 g/mol. The Morgan fingerprint density at radius 1 is 1.39 bits per heavy atom. The largest absolute Gasteiger partial charge is 0.396 e. The van der Waals surface area contributed by atoms with Crippen molar-refractivity contribution < 1.29 is 18.7 Å². The van der Waals surface area contributed by atoms with E-state index in [1.807, 2.05) is 0 Å². The van der Waals surface area contributed by atoms with Gasteiger partial charge in [-0.25, -0.2) is 8.78 Å². The second kappa shape index (κ2) is 7.06. The molecule has 1 aromatic rings. The summed E-state index contributed by atoms with van der Waals surface area (Å²) in [5, 5.41) is 11.2. The van der Waals surface area contributed by atoms with Crippen molar-refractivity contribution in [2.24, 2.45) is 0 Å². The smallest absolute Gasteiger partial charge is 0.220 e. The normalized spacial score (nSPS) is 12.2. The molecular formula is C13H17F2NO2. The van der Waals surface area contributed by atoms with Gasteiger partial charge in [0.2, 0.25) is 5.91 Å². The van der Waals surface area contributed by atoms with Crippen LogP contribution in [0.1, 0.15) is 37.8 Å². The third-order valence-electron chi connectivity index (χ3n) is 2.61. The number of unbranched alkanes of at least 4 members (excludes halogenated alkanes) is 1. The molecule has 1 amide bonds. The maximum Gasteiger partial charge on any atom is 0.220 e. The Bertz CT molecular complexity index is 410. The van der Waals surface area contributed by atoms with Gasteiger partial charge in [0.1, 0.15) is 11.6 Å². The Hall–Kier alpha value is -1.49. The van der Waals surface area contributed by atoms with Gasteiger partial charge in [-0.2, -0.15) is 0 Å². The van der Waals surface area contributed by atoms with Gasteiger partial charge in [0, 0.05) is 18.6 Å². The molecule has 100 valence electrons. The van der Waals surface area contributed by atoms with Gasteiger partial charge < -0.3 is 10.4 Å². The molecule has 0 fully saturated rings. The van der Waals surface area contributed by atoms with Crippen LogP contribution < -0.4 is 5.32 Å². The SMILES string of the molecule is CC(NC(=O)CCCCO)c1cc(F)ccc1F. The lowest BCUT2D eigenvalue weighted by Crippen LogP contribution is -2.27. The lowest BCUT2D eigenvalue weighted by molar-refractivity contribution is -0.121. The van der Waals surface area contributed by atoms with Gasteiger partial charge in [0.25, 0.3) is 0 Å². The fraction of sp³-hybridized carbons (Fsp3) is 0.462. The second-order valence-electron chi connectivity index (χ2n) is 4.14. The van der Waals surface area contributed by atoms with Crippen LogP contribution in [0.15, 0.2) is 18.2 Å². The van der Waals surface area contributed by atoms with Gasteiger partial charge in [-0.1, -0.05) is 0 Å². The van der Waals surface area contributed by atoms with E-state index >= 15 is 0 Å². The van der Waals surface area contributed by atoms with E-state index in [2.05, 4.69) is 5.32 Å². The minimum Gasteiger partial charge on any atom is -0.396 e. The summed E-state index contributed by atoms with van der Waals surface area (Å²) in [5.41, 5.74) is 0.130. The van der Waals surface area contributed by atoms with Crippen LogP contribution in [0, 0.1) is 11.6 Å². The van der Waals surface area contributed by atoms with Crippen molar-refractivity contribution in [3.8, 4) is 0 Å². The Morgan fingerprint density at radius 3 is 2.78 bits per heavy atom. The monoisotopic (exact) mass is 257 g/mol. The zero-order valence-electron chi connectivity index (χ0n) is 10.2. The molecule has 0 saturated heterocycles.